The number of carbonyl (C=O) groups is 2. The molecule has 0 aromatic heterocycles. The van der Waals surface area contributed by atoms with Crippen LogP contribution in [0.4, 0.5) is 0 Å². The average Bonchev–Trinajstić information content (AvgIpc) is 3.22. The van der Waals surface area contributed by atoms with Crippen LogP contribution in [0.5, 0.6) is 11.5 Å². The van der Waals surface area contributed by atoms with Crippen LogP contribution in [0.3, 0.4) is 0 Å². The van der Waals surface area contributed by atoms with E-state index in [9.17, 15) is 19.8 Å². The average molecular weight is 707 g/mol. The molecule has 0 spiro atoms. The van der Waals surface area contributed by atoms with Crippen LogP contribution >= 0.6 is 0 Å². The topological polar surface area (TPSA) is 93.1 Å². The standard InChI is InChI=1S/C48H34O6/c49-47(50)38-14-8-13-36(27-38)33-19-17-31(18-20-33)29-53-43-25-23-34-11-4-6-15-40(34)45(43)46-41-16-7-5-12-35(41)24-26-44(46)54-30-39-22-21-37(28-42(39)48(51)52)32-9-2-1-3-10-32/h1-28H,29-30H2,(H,49,50)(H,51,52). The first-order valence-corrected chi connectivity index (χ1v) is 17.6. The van der Waals surface area contributed by atoms with Crippen molar-refractivity contribution in [2.45, 2.75) is 13.2 Å². The van der Waals surface area contributed by atoms with Gasteiger partial charge >= 0.3 is 11.9 Å². The van der Waals surface area contributed by atoms with E-state index in [4.69, 9.17) is 9.47 Å². The fraction of sp³-hybridized carbons (Fsp3) is 0.0417. The van der Waals surface area contributed by atoms with E-state index in [1.54, 1.807) is 24.3 Å². The first-order valence-electron chi connectivity index (χ1n) is 17.6. The Morgan fingerprint density at radius 2 is 0.981 bits per heavy atom. The lowest BCUT2D eigenvalue weighted by Crippen LogP contribution is -2.07. The predicted molar refractivity (Wildman–Crippen MR) is 213 cm³/mol. The molecule has 6 heteroatoms. The molecule has 8 rings (SSSR count). The number of aromatic carboxylic acids is 2. The molecular formula is C48H34O6. The molecule has 0 heterocycles. The third-order valence-corrected chi connectivity index (χ3v) is 9.65. The van der Waals surface area contributed by atoms with Gasteiger partial charge < -0.3 is 19.7 Å². The van der Waals surface area contributed by atoms with Crippen LogP contribution in [-0.4, -0.2) is 22.2 Å². The molecule has 0 aliphatic rings. The number of fused-ring (bicyclic) bond motifs is 2. The number of carboxylic acid groups (broad SMARTS) is 2. The highest BCUT2D eigenvalue weighted by molar-refractivity contribution is 6.09. The third-order valence-electron chi connectivity index (χ3n) is 9.65. The molecule has 8 aromatic rings. The molecule has 8 aromatic carbocycles. The highest BCUT2D eigenvalue weighted by Crippen LogP contribution is 2.46. The maximum absolute atomic E-state index is 12.5. The van der Waals surface area contributed by atoms with Gasteiger partial charge in [0.2, 0.25) is 0 Å². The Bertz CT molecular complexity index is 2660. The summed E-state index contributed by atoms with van der Waals surface area (Å²) in [6.45, 7) is 0.336. The van der Waals surface area contributed by atoms with E-state index < -0.39 is 11.9 Å². The van der Waals surface area contributed by atoms with Gasteiger partial charge in [-0.15, -0.1) is 0 Å². The Hall–Kier alpha value is -7.18. The van der Waals surface area contributed by atoms with Gasteiger partial charge in [-0.3, -0.25) is 0 Å². The van der Waals surface area contributed by atoms with Crippen LogP contribution in [0.15, 0.2) is 170 Å². The monoisotopic (exact) mass is 706 g/mol. The van der Waals surface area contributed by atoms with Crippen LogP contribution in [0, 0.1) is 0 Å². The van der Waals surface area contributed by atoms with Gasteiger partial charge in [0.15, 0.2) is 0 Å². The first kappa shape index (κ1) is 33.9. The molecule has 0 fully saturated rings. The Morgan fingerprint density at radius 3 is 1.61 bits per heavy atom. The molecule has 54 heavy (non-hydrogen) atoms. The summed E-state index contributed by atoms with van der Waals surface area (Å²) in [7, 11) is 0. The molecule has 0 aliphatic carbocycles. The van der Waals surface area contributed by atoms with Gasteiger partial charge in [-0.1, -0.05) is 140 Å². The summed E-state index contributed by atoms with van der Waals surface area (Å²) < 4.78 is 13.3. The van der Waals surface area contributed by atoms with Gasteiger partial charge in [0.05, 0.1) is 11.1 Å². The van der Waals surface area contributed by atoms with E-state index in [2.05, 4.69) is 24.3 Å². The molecule has 0 atom stereocenters. The Labute approximate surface area is 312 Å². The molecule has 0 unspecified atom stereocenters. The number of benzene rings is 8. The van der Waals surface area contributed by atoms with E-state index in [0.717, 1.165) is 60.5 Å². The largest absolute Gasteiger partial charge is 0.488 e. The summed E-state index contributed by atoms with van der Waals surface area (Å²) in [5.74, 6) is -0.704. The lowest BCUT2D eigenvalue weighted by molar-refractivity contribution is 0.0684. The highest BCUT2D eigenvalue weighted by Gasteiger charge is 2.21. The third kappa shape index (κ3) is 6.88. The van der Waals surface area contributed by atoms with Gasteiger partial charge in [0.25, 0.3) is 0 Å². The summed E-state index contributed by atoms with van der Waals surface area (Å²) in [6, 6.07) is 54.3. The molecule has 2 N–H and O–H groups in total. The number of hydrogen-bond acceptors (Lipinski definition) is 4. The number of carboxylic acids is 2. The molecule has 0 amide bonds. The fourth-order valence-electron chi connectivity index (χ4n) is 6.91. The second-order valence-corrected chi connectivity index (χ2v) is 13.0. The molecular weight excluding hydrogens is 673 g/mol. The maximum atomic E-state index is 12.5. The Balaban J connectivity index is 1.16. The smallest absolute Gasteiger partial charge is 0.336 e. The number of hydrogen-bond donors (Lipinski definition) is 2. The van der Waals surface area contributed by atoms with E-state index in [0.29, 0.717) is 17.1 Å². The molecule has 0 aliphatic heterocycles. The van der Waals surface area contributed by atoms with Crippen LogP contribution in [0.25, 0.3) is 54.9 Å². The zero-order valence-corrected chi connectivity index (χ0v) is 29.1. The molecule has 0 bridgehead atoms. The maximum Gasteiger partial charge on any atom is 0.336 e. The van der Waals surface area contributed by atoms with Gasteiger partial charge in [-0.25, -0.2) is 9.59 Å². The summed E-state index contributed by atoms with van der Waals surface area (Å²) in [5.41, 5.74) is 7.16. The van der Waals surface area contributed by atoms with E-state index in [-0.39, 0.29) is 24.3 Å². The van der Waals surface area contributed by atoms with Crippen molar-refractivity contribution < 1.29 is 29.3 Å². The molecule has 262 valence electrons. The zero-order chi connectivity index (χ0) is 37.0. The van der Waals surface area contributed by atoms with Gasteiger partial charge in [-0.2, -0.15) is 0 Å². The number of ether oxygens (including phenoxy) is 2. The van der Waals surface area contributed by atoms with E-state index >= 15 is 0 Å². The summed E-state index contributed by atoms with van der Waals surface area (Å²) in [4.78, 5) is 24.0. The lowest BCUT2D eigenvalue weighted by atomic mass is 9.92. The van der Waals surface area contributed by atoms with Crippen LogP contribution < -0.4 is 9.47 Å². The second-order valence-electron chi connectivity index (χ2n) is 13.0. The minimum Gasteiger partial charge on any atom is -0.488 e. The highest BCUT2D eigenvalue weighted by atomic mass is 16.5. The van der Waals surface area contributed by atoms with Crippen molar-refractivity contribution in [3.05, 3.63) is 192 Å². The first-order chi connectivity index (χ1) is 26.4. The molecule has 6 nitrogen and oxygen atoms in total. The van der Waals surface area contributed by atoms with Crippen molar-refractivity contribution in [1.82, 2.24) is 0 Å². The van der Waals surface area contributed by atoms with E-state index in [1.165, 1.54) is 0 Å². The van der Waals surface area contributed by atoms with Crippen LogP contribution in [-0.2, 0) is 13.2 Å². The van der Waals surface area contributed by atoms with Crippen molar-refractivity contribution in [2.24, 2.45) is 0 Å². The summed E-state index contributed by atoms with van der Waals surface area (Å²) >= 11 is 0. The van der Waals surface area contributed by atoms with Crippen molar-refractivity contribution in [2.75, 3.05) is 0 Å². The van der Waals surface area contributed by atoms with Crippen LogP contribution in [0.2, 0.25) is 0 Å². The van der Waals surface area contributed by atoms with E-state index in [1.807, 2.05) is 121 Å². The SMILES string of the molecule is O=C(O)c1cccc(-c2ccc(COc3ccc4ccccc4c3-c3c(OCc4ccc(-c5ccccc5)cc4C(=O)O)ccc4ccccc34)cc2)c1. The minimum atomic E-state index is -1.02. The summed E-state index contributed by atoms with van der Waals surface area (Å²) in [6.07, 6.45) is 0. The fourth-order valence-corrected chi connectivity index (χ4v) is 6.91. The minimum absolute atomic E-state index is 0.0464. The Morgan fingerprint density at radius 1 is 0.444 bits per heavy atom. The second kappa shape index (κ2) is 14.8. The number of rotatable bonds is 11. The Kier molecular flexibility index (Phi) is 9.31. The van der Waals surface area contributed by atoms with Gasteiger partial charge in [0, 0.05) is 16.7 Å². The predicted octanol–water partition coefficient (Wildman–Crippen LogP) is 11.5. The molecule has 0 radical (unpaired) electrons. The van der Waals surface area contributed by atoms with Gasteiger partial charge in [-0.05, 0) is 79.7 Å². The van der Waals surface area contributed by atoms with Crippen molar-refractivity contribution in [3.63, 3.8) is 0 Å². The van der Waals surface area contributed by atoms with Crippen molar-refractivity contribution >= 4 is 33.5 Å². The quantitative estimate of drug-likeness (QED) is 0.139. The molecule has 0 saturated heterocycles. The van der Waals surface area contributed by atoms with Crippen LogP contribution in [0.1, 0.15) is 31.8 Å². The molecule has 0 saturated carbocycles. The van der Waals surface area contributed by atoms with Gasteiger partial charge in [0.1, 0.15) is 24.7 Å². The normalized spacial score (nSPS) is 11.0. The van der Waals surface area contributed by atoms with Crippen molar-refractivity contribution in [3.8, 4) is 44.9 Å². The zero-order valence-electron chi connectivity index (χ0n) is 29.1. The van der Waals surface area contributed by atoms with Crippen molar-refractivity contribution in [1.29, 1.82) is 0 Å². The summed E-state index contributed by atoms with van der Waals surface area (Å²) in [5, 5.41) is 23.7. The lowest BCUT2D eigenvalue weighted by Gasteiger charge is -2.20.